The van der Waals surface area contributed by atoms with Crippen LogP contribution in [0.4, 0.5) is 18.9 Å². The number of nitrogens with zero attached hydrogens (tertiary/aromatic N) is 2. The molecule has 96 valence electrons. The highest BCUT2D eigenvalue weighted by Crippen LogP contribution is 2.25. The lowest BCUT2D eigenvalue weighted by Crippen LogP contribution is -2.44. The molecule has 0 aliphatic heterocycles. The van der Waals surface area contributed by atoms with E-state index in [0.717, 1.165) is 0 Å². The summed E-state index contributed by atoms with van der Waals surface area (Å²) < 4.78 is 37.3. The molecule has 1 aromatic carbocycles. The van der Waals surface area contributed by atoms with E-state index in [1.54, 1.807) is 6.07 Å². The highest BCUT2D eigenvalue weighted by atomic mass is 19.4. The minimum atomic E-state index is -5.00. The molecule has 0 aliphatic carbocycles. The van der Waals surface area contributed by atoms with Crippen LogP contribution in [-0.2, 0) is 4.79 Å². The number of benzene rings is 1. The van der Waals surface area contributed by atoms with Gasteiger partial charge in [0, 0.05) is 13.1 Å². The van der Waals surface area contributed by atoms with E-state index in [0.29, 0.717) is 4.90 Å². The van der Waals surface area contributed by atoms with Gasteiger partial charge < -0.3 is 10.6 Å². The molecule has 0 radical (unpaired) electrons. The Kier molecular flexibility index (Phi) is 4.28. The average Bonchev–Trinajstić information content (AvgIpc) is 2.34. The first-order chi connectivity index (χ1) is 8.41. The number of nitriles is 1. The first-order valence-electron chi connectivity index (χ1n) is 4.99. The molecule has 0 aromatic heterocycles. The molecular weight excluding hydrogens is 247 g/mol. The van der Waals surface area contributed by atoms with Crippen molar-refractivity contribution in [3.63, 3.8) is 0 Å². The van der Waals surface area contributed by atoms with Crippen LogP contribution in [0.5, 0.6) is 0 Å². The summed E-state index contributed by atoms with van der Waals surface area (Å²) in [7, 11) is 0. The number of carbonyl (C=O) groups is 1. The monoisotopic (exact) mass is 257 g/mol. The first-order valence-corrected chi connectivity index (χ1v) is 4.99. The lowest BCUT2D eigenvalue weighted by atomic mass is 10.1. The van der Waals surface area contributed by atoms with Gasteiger partial charge >= 0.3 is 12.1 Å². The van der Waals surface area contributed by atoms with Crippen molar-refractivity contribution >= 4 is 11.6 Å². The highest BCUT2D eigenvalue weighted by Gasteiger charge is 2.43. The van der Waals surface area contributed by atoms with E-state index >= 15 is 0 Å². The summed E-state index contributed by atoms with van der Waals surface area (Å²) in [5.41, 5.74) is 5.09. The molecule has 0 atom stereocenters. The third kappa shape index (κ3) is 2.99. The lowest BCUT2D eigenvalue weighted by Gasteiger charge is -2.23. The van der Waals surface area contributed by atoms with Crippen LogP contribution >= 0.6 is 0 Å². The summed E-state index contributed by atoms with van der Waals surface area (Å²) in [6, 6.07) is 7.30. The number of hydrogen-bond acceptors (Lipinski definition) is 3. The minimum Gasteiger partial charge on any atom is -0.329 e. The molecule has 0 heterocycles. The van der Waals surface area contributed by atoms with E-state index in [9.17, 15) is 18.0 Å². The second-order valence-corrected chi connectivity index (χ2v) is 3.37. The van der Waals surface area contributed by atoms with Crippen molar-refractivity contribution in [2.45, 2.75) is 6.18 Å². The van der Waals surface area contributed by atoms with Gasteiger partial charge in [-0.2, -0.15) is 18.4 Å². The fraction of sp³-hybridized carbons (Fsp3) is 0.273. The molecule has 1 amide bonds. The number of para-hydroxylation sites is 1. The van der Waals surface area contributed by atoms with Crippen LogP contribution in [0.2, 0.25) is 0 Å². The second-order valence-electron chi connectivity index (χ2n) is 3.37. The Bertz CT molecular complexity index is 479. The van der Waals surface area contributed by atoms with Crippen LogP contribution in [-0.4, -0.2) is 25.2 Å². The zero-order chi connectivity index (χ0) is 13.8. The molecular formula is C11H10F3N3O. The number of rotatable bonds is 3. The Hall–Kier alpha value is -2.07. The normalized spacial score (nSPS) is 10.8. The van der Waals surface area contributed by atoms with Gasteiger partial charge in [-0.05, 0) is 12.1 Å². The average molecular weight is 257 g/mol. The van der Waals surface area contributed by atoms with Crippen molar-refractivity contribution in [3.8, 4) is 6.07 Å². The molecule has 0 aliphatic rings. The summed E-state index contributed by atoms with van der Waals surface area (Å²) in [6.07, 6.45) is -5.00. The summed E-state index contributed by atoms with van der Waals surface area (Å²) in [6.45, 7) is -0.446. The Morgan fingerprint density at radius 2 is 2.00 bits per heavy atom. The van der Waals surface area contributed by atoms with Crippen molar-refractivity contribution in [1.82, 2.24) is 0 Å². The van der Waals surface area contributed by atoms with Gasteiger partial charge in [0.25, 0.3) is 0 Å². The van der Waals surface area contributed by atoms with Gasteiger partial charge in [-0.3, -0.25) is 4.79 Å². The minimum absolute atomic E-state index is 0.0106. The third-order valence-corrected chi connectivity index (χ3v) is 2.16. The SMILES string of the molecule is N#Cc1ccccc1N(CCN)C(=O)C(F)(F)F. The number of hydrogen-bond donors (Lipinski definition) is 1. The zero-order valence-corrected chi connectivity index (χ0v) is 9.24. The molecule has 0 unspecified atom stereocenters. The van der Waals surface area contributed by atoms with Gasteiger partial charge in [0.1, 0.15) is 6.07 Å². The fourth-order valence-corrected chi connectivity index (χ4v) is 1.42. The first kappa shape index (κ1) is 14.0. The van der Waals surface area contributed by atoms with Gasteiger partial charge in [0.2, 0.25) is 0 Å². The Labute approximate surface area is 101 Å². The maximum atomic E-state index is 12.4. The van der Waals surface area contributed by atoms with E-state index in [1.165, 1.54) is 24.3 Å². The zero-order valence-electron chi connectivity index (χ0n) is 9.24. The van der Waals surface area contributed by atoms with Gasteiger partial charge in [-0.25, -0.2) is 0 Å². The molecule has 0 bridgehead atoms. The molecule has 4 nitrogen and oxygen atoms in total. The van der Waals surface area contributed by atoms with Crippen molar-refractivity contribution < 1.29 is 18.0 Å². The molecule has 0 fully saturated rings. The van der Waals surface area contributed by atoms with E-state index in [1.807, 2.05) is 0 Å². The molecule has 0 saturated carbocycles. The van der Waals surface area contributed by atoms with Crippen LogP contribution in [0.3, 0.4) is 0 Å². The van der Waals surface area contributed by atoms with E-state index < -0.39 is 12.1 Å². The van der Waals surface area contributed by atoms with Crippen LogP contribution in [0, 0.1) is 11.3 Å². The molecule has 7 heteroatoms. The predicted octanol–water partition coefficient (Wildman–Crippen LogP) is 1.41. The topological polar surface area (TPSA) is 70.1 Å². The van der Waals surface area contributed by atoms with E-state index in [-0.39, 0.29) is 24.3 Å². The molecule has 0 saturated heterocycles. The van der Waals surface area contributed by atoms with Crippen molar-refractivity contribution in [2.75, 3.05) is 18.0 Å². The fourth-order valence-electron chi connectivity index (χ4n) is 1.42. The van der Waals surface area contributed by atoms with Gasteiger partial charge in [-0.15, -0.1) is 0 Å². The quantitative estimate of drug-likeness (QED) is 0.890. The lowest BCUT2D eigenvalue weighted by molar-refractivity contribution is -0.170. The molecule has 1 rings (SSSR count). The van der Waals surface area contributed by atoms with Crippen molar-refractivity contribution in [3.05, 3.63) is 29.8 Å². The number of alkyl halides is 3. The second kappa shape index (κ2) is 5.51. The van der Waals surface area contributed by atoms with Crippen molar-refractivity contribution in [2.24, 2.45) is 5.73 Å². The predicted molar refractivity (Wildman–Crippen MR) is 58.6 cm³/mol. The van der Waals surface area contributed by atoms with E-state index in [2.05, 4.69) is 0 Å². The summed E-state index contributed by atoms with van der Waals surface area (Å²) in [4.78, 5) is 11.7. The van der Waals surface area contributed by atoms with Crippen LogP contribution < -0.4 is 10.6 Å². The standard InChI is InChI=1S/C11H10F3N3O/c12-11(13,14)10(18)17(6-5-15)9-4-2-1-3-8(9)7-16/h1-4H,5-6,15H2. The highest BCUT2D eigenvalue weighted by molar-refractivity contribution is 5.98. The van der Waals surface area contributed by atoms with Crippen LogP contribution in [0.1, 0.15) is 5.56 Å². The Balaban J connectivity index is 3.21. The van der Waals surface area contributed by atoms with Crippen LogP contribution in [0.25, 0.3) is 0 Å². The maximum absolute atomic E-state index is 12.4. The third-order valence-electron chi connectivity index (χ3n) is 2.16. The number of carbonyl (C=O) groups excluding carboxylic acids is 1. The summed E-state index contributed by atoms with van der Waals surface area (Å²) in [5.74, 6) is -2.03. The Morgan fingerprint density at radius 3 is 2.50 bits per heavy atom. The summed E-state index contributed by atoms with van der Waals surface area (Å²) in [5, 5.41) is 8.82. The molecule has 2 N–H and O–H groups in total. The largest absolute Gasteiger partial charge is 0.471 e. The van der Waals surface area contributed by atoms with Crippen molar-refractivity contribution in [1.29, 1.82) is 5.26 Å². The molecule has 0 spiro atoms. The van der Waals surface area contributed by atoms with Crippen LogP contribution in [0.15, 0.2) is 24.3 Å². The van der Waals surface area contributed by atoms with Gasteiger partial charge in [0.15, 0.2) is 0 Å². The summed E-state index contributed by atoms with van der Waals surface area (Å²) >= 11 is 0. The maximum Gasteiger partial charge on any atom is 0.471 e. The number of amides is 1. The smallest absolute Gasteiger partial charge is 0.329 e. The number of nitrogens with two attached hydrogens (primary N) is 1. The Morgan fingerprint density at radius 1 is 1.39 bits per heavy atom. The molecule has 18 heavy (non-hydrogen) atoms. The number of halogens is 3. The number of anilines is 1. The molecule has 1 aromatic rings. The van der Waals surface area contributed by atoms with Gasteiger partial charge in [-0.1, -0.05) is 12.1 Å². The van der Waals surface area contributed by atoms with Gasteiger partial charge in [0.05, 0.1) is 11.3 Å². The van der Waals surface area contributed by atoms with E-state index in [4.69, 9.17) is 11.0 Å².